The van der Waals surface area contributed by atoms with E-state index in [1.165, 1.54) is 7.05 Å². The molecule has 0 aliphatic carbocycles. The number of ether oxygens (including phenoxy) is 1. The first-order chi connectivity index (χ1) is 10.6. The summed E-state index contributed by atoms with van der Waals surface area (Å²) in [6.45, 7) is 2.68. The standard InChI is InChI=1S/C15H21N3O4/c1-3-22-8-7-13(19)18-12-6-4-5-11(9-12)15(21)17-10-14(20)16-2/h4-6,9H,3,7-8,10H2,1-2H3,(H,16,20)(H,17,21)(H,18,19). The molecule has 7 heteroatoms. The van der Waals surface area contributed by atoms with Crippen LogP contribution in [0.5, 0.6) is 0 Å². The fourth-order valence-electron chi connectivity index (χ4n) is 1.62. The molecule has 0 unspecified atom stereocenters. The van der Waals surface area contributed by atoms with E-state index < -0.39 is 0 Å². The number of hydrogen-bond donors (Lipinski definition) is 3. The molecule has 0 saturated heterocycles. The van der Waals surface area contributed by atoms with Gasteiger partial charge >= 0.3 is 0 Å². The second-order valence-electron chi connectivity index (χ2n) is 4.43. The van der Waals surface area contributed by atoms with Crippen LogP contribution in [0, 0.1) is 0 Å². The number of amides is 3. The summed E-state index contributed by atoms with van der Waals surface area (Å²) in [5, 5.41) is 7.59. The maximum absolute atomic E-state index is 11.9. The Balaban J connectivity index is 2.56. The van der Waals surface area contributed by atoms with Gasteiger partial charge in [-0.15, -0.1) is 0 Å². The van der Waals surface area contributed by atoms with Crippen LogP contribution in [0.4, 0.5) is 5.69 Å². The Morgan fingerprint density at radius 3 is 2.64 bits per heavy atom. The minimum Gasteiger partial charge on any atom is -0.381 e. The van der Waals surface area contributed by atoms with Crippen LogP contribution in [0.1, 0.15) is 23.7 Å². The number of anilines is 1. The monoisotopic (exact) mass is 307 g/mol. The number of likely N-dealkylation sites (N-methyl/N-ethyl adjacent to an activating group) is 1. The lowest BCUT2D eigenvalue weighted by Crippen LogP contribution is -2.35. The van der Waals surface area contributed by atoms with E-state index in [-0.39, 0.29) is 30.7 Å². The van der Waals surface area contributed by atoms with Gasteiger partial charge in [-0.3, -0.25) is 14.4 Å². The van der Waals surface area contributed by atoms with Gasteiger partial charge < -0.3 is 20.7 Å². The zero-order valence-electron chi connectivity index (χ0n) is 12.8. The predicted octanol–water partition coefficient (Wildman–Crippen LogP) is 0.528. The molecule has 0 heterocycles. The molecule has 7 nitrogen and oxygen atoms in total. The summed E-state index contributed by atoms with van der Waals surface area (Å²) >= 11 is 0. The van der Waals surface area contributed by atoms with Crippen molar-refractivity contribution in [1.82, 2.24) is 10.6 Å². The molecule has 1 aromatic carbocycles. The van der Waals surface area contributed by atoms with Crippen molar-refractivity contribution >= 4 is 23.4 Å². The number of hydrogen-bond acceptors (Lipinski definition) is 4. The summed E-state index contributed by atoms with van der Waals surface area (Å²) in [6, 6.07) is 6.51. The maximum Gasteiger partial charge on any atom is 0.251 e. The van der Waals surface area contributed by atoms with Crippen molar-refractivity contribution in [2.24, 2.45) is 0 Å². The van der Waals surface area contributed by atoms with E-state index in [2.05, 4.69) is 16.0 Å². The Kier molecular flexibility index (Phi) is 7.63. The van der Waals surface area contributed by atoms with Crippen molar-refractivity contribution in [3.8, 4) is 0 Å². The Bertz CT molecular complexity index is 531. The molecule has 0 saturated carbocycles. The number of carbonyl (C=O) groups excluding carboxylic acids is 3. The average Bonchev–Trinajstić information content (AvgIpc) is 2.52. The summed E-state index contributed by atoms with van der Waals surface area (Å²) in [5.74, 6) is -0.848. The van der Waals surface area contributed by atoms with Crippen molar-refractivity contribution in [2.45, 2.75) is 13.3 Å². The third-order valence-corrected chi connectivity index (χ3v) is 2.77. The Labute approximate surface area is 129 Å². The van der Waals surface area contributed by atoms with E-state index in [9.17, 15) is 14.4 Å². The number of rotatable bonds is 8. The molecule has 120 valence electrons. The van der Waals surface area contributed by atoms with E-state index in [1.807, 2.05) is 6.92 Å². The molecular formula is C15H21N3O4. The van der Waals surface area contributed by atoms with Crippen LogP contribution < -0.4 is 16.0 Å². The number of carbonyl (C=O) groups is 3. The van der Waals surface area contributed by atoms with Crippen molar-refractivity contribution in [3.63, 3.8) is 0 Å². The third kappa shape index (κ3) is 6.36. The van der Waals surface area contributed by atoms with Gasteiger partial charge in [0.15, 0.2) is 0 Å². The van der Waals surface area contributed by atoms with E-state index in [4.69, 9.17) is 4.74 Å². The number of nitrogens with one attached hydrogen (secondary N) is 3. The molecule has 1 aromatic rings. The number of benzene rings is 1. The van der Waals surface area contributed by atoms with Gasteiger partial charge in [0.2, 0.25) is 11.8 Å². The van der Waals surface area contributed by atoms with E-state index in [1.54, 1.807) is 24.3 Å². The van der Waals surface area contributed by atoms with Crippen molar-refractivity contribution in [1.29, 1.82) is 0 Å². The van der Waals surface area contributed by atoms with Crippen molar-refractivity contribution in [2.75, 3.05) is 32.1 Å². The van der Waals surface area contributed by atoms with Gasteiger partial charge in [-0.05, 0) is 25.1 Å². The van der Waals surface area contributed by atoms with E-state index in [0.29, 0.717) is 24.5 Å². The molecule has 0 spiro atoms. The fraction of sp³-hybridized carbons (Fsp3) is 0.400. The molecule has 3 N–H and O–H groups in total. The normalized spacial score (nSPS) is 9.91. The van der Waals surface area contributed by atoms with Gasteiger partial charge in [0.25, 0.3) is 5.91 Å². The average molecular weight is 307 g/mol. The van der Waals surface area contributed by atoms with Crippen LogP contribution in [0.15, 0.2) is 24.3 Å². The summed E-state index contributed by atoms with van der Waals surface area (Å²) in [4.78, 5) is 34.7. The van der Waals surface area contributed by atoms with Gasteiger partial charge in [0.05, 0.1) is 19.6 Å². The lowest BCUT2D eigenvalue weighted by molar-refractivity contribution is -0.119. The smallest absolute Gasteiger partial charge is 0.251 e. The van der Waals surface area contributed by atoms with Crippen LogP contribution in [0.2, 0.25) is 0 Å². The lowest BCUT2D eigenvalue weighted by atomic mass is 10.2. The highest BCUT2D eigenvalue weighted by Gasteiger charge is 2.09. The topological polar surface area (TPSA) is 96.5 Å². The first kappa shape index (κ1) is 17.6. The highest BCUT2D eigenvalue weighted by atomic mass is 16.5. The Hall–Kier alpha value is -2.41. The molecule has 0 bridgehead atoms. The SMILES string of the molecule is CCOCCC(=O)Nc1cccc(C(=O)NCC(=O)NC)c1. The van der Waals surface area contributed by atoms with Gasteiger partial charge in [-0.1, -0.05) is 6.07 Å². The van der Waals surface area contributed by atoms with Gasteiger partial charge in [0, 0.05) is 24.9 Å². The Morgan fingerprint density at radius 1 is 1.18 bits per heavy atom. The first-order valence-corrected chi connectivity index (χ1v) is 7.03. The van der Waals surface area contributed by atoms with E-state index >= 15 is 0 Å². The summed E-state index contributed by atoms with van der Waals surface area (Å²) in [7, 11) is 1.49. The minimum absolute atomic E-state index is 0.0969. The molecule has 0 aliphatic rings. The molecule has 0 atom stereocenters. The molecule has 0 aromatic heterocycles. The summed E-state index contributed by atoms with van der Waals surface area (Å²) in [5.41, 5.74) is 0.889. The van der Waals surface area contributed by atoms with Crippen LogP contribution in [-0.2, 0) is 14.3 Å². The van der Waals surface area contributed by atoms with Crippen LogP contribution in [-0.4, -0.2) is 44.5 Å². The predicted molar refractivity (Wildman–Crippen MR) is 82.6 cm³/mol. The quantitative estimate of drug-likeness (QED) is 0.610. The highest BCUT2D eigenvalue weighted by molar-refractivity contribution is 5.98. The molecule has 3 amide bonds. The first-order valence-electron chi connectivity index (χ1n) is 7.03. The minimum atomic E-state index is -0.381. The zero-order chi connectivity index (χ0) is 16.4. The van der Waals surface area contributed by atoms with Gasteiger partial charge in [0.1, 0.15) is 0 Å². The largest absolute Gasteiger partial charge is 0.381 e. The third-order valence-electron chi connectivity index (χ3n) is 2.77. The molecule has 22 heavy (non-hydrogen) atoms. The molecule has 0 radical (unpaired) electrons. The summed E-state index contributed by atoms with van der Waals surface area (Å²) < 4.78 is 5.11. The van der Waals surface area contributed by atoms with Crippen molar-refractivity contribution < 1.29 is 19.1 Å². The van der Waals surface area contributed by atoms with Crippen LogP contribution in [0.25, 0.3) is 0 Å². The second kappa shape index (κ2) is 9.51. The molecule has 0 fully saturated rings. The molecular weight excluding hydrogens is 286 g/mol. The van der Waals surface area contributed by atoms with Crippen molar-refractivity contribution in [3.05, 3.63) is 29.8 Å². The van der Waals surface area contributed by atoms with Crippen LogP contribution in [0.3, 0.4) is 0 Å². The Morgan fingerprint density at radius 2 is 1.95 bits per heavy atom. The maximum atomic E-state index is 11.9. The second-order valence-corrected chi connectivity index (χ2v) is 4.43. The molecule has 1 rings (SSSR count). The van der Waals surface area contributed by atoms with E-state index in [0.717, 1.165) is 0 Å². The fourth-order valence-corrected chi connectivity index (χ4v) is 1.62. The summed E-state index contributed by atoms with van der Waals surface area (Å²) in [6.07, 6.45) is 0.251. The van der Waals surface area contributed by atoms with Gasteiger partial charge in [-0.2, -0.15) is 0 Å². The lowest BCUT2D eigenvalue weighted by Gasteiger charge is -2.08. The highest BCUT2D eigenvalue weighted by Crippen LogP contribution is 2.11. The molecule has 0 aliphatic heterocycles. The zero-order valence-corrected chi connectivity index (χ0v) is 12.8. The van der Waals surface area contributed by atoms with Gasteiger partial charge in [-0.25, -0.2) is 0 Å². The van der Waals surface area contributed by atoms with Crippen LogP contribution >= 0.6 is 0 Å².